The van der Waals surface area contributed by atoms with Crippen LogP contribution < -0.4 is 4.90 Å². The van der Waals surface area contributed by atoms with Gasteiger partial charge in [0.1, 0.15) is 12.4 Å². The van der Waals surface area contributed by atoms with Crippen molar-refractivity contribution in [2.24, 2.45) is 0 Å². The molecule has 0 atom stereocenters. The molecule has 0 bridgehead atoms. The molecule has 1 heterocycles. The summed E-state index contributed by atoms with van der Waals surface area (Å²) in [5.41, 5.74) is 0.422. The van der Waals surface area contributed by atoms with Crippen molar-refractivity contribution in [3.63, 3.8) is 0 Å². The molecule has 114 valence electrons. The van der Waals surface area contributed by atoms with Gasteiger partial charge in [0.2, 0.25) is 11.8 Å². The van der Waals surface area contributed by atoms with Crippen LogP contribution in [0.2, 0.25) is 0 Å². The van der Waals surface area contributed by atoms with Crippen LogP contribution in [0.15, 0.2) is 24.3 Å². The van der Waals surface area contributed by atoms with Crippen LogP contribution in [-0.4, -0.2) is 36.3 Å². The van der Waals surface area contributed by atoms with Crippen LogP contribution in [0.1, 0.15) is 32.6 Å². The lowest BCUT2D eigenvalue weighted by Crippen LogP contribution is -2.42. The standard InChI is InChI=1S/C16H21FN2O2/c1-13(20)19(15-8-6-7-14(17)11-15)12-16(21)18-9-4-2-3-5-10-18/h6-8,11H,2-5,9-10,12H2,1H3. The summed E-state index contributed by atoms with van der Waals surface area (Å²) in [5.74, 6) is -0.749. The van der Waals surface area contributed by atoms with Gasteiger partial charge in [-0.2, -0.15) is 0 Å². The number of nitrogens with zero attached hydrogens (tertiary/aromatic N) is 2. The molecule has 1 saturated heterocycles. The Balaban J connectivity index is 2.09. The van der Waals surface area contributed by atoms with Crippen LogP contribution in [-0.2, 0) is 9.59 Å². The van der Waals surface area contributed by atoms with Crippen LogP contribution in [0.4, 0.5) is 10.1 Å². The molecule has 0 radical (unpaired) electrons. The van der Waals surface area contributed by atoms with Crippen molar-refractivity contribution in [1.29, 1.82) is 0 Å². The van der Waals surface area contributed by atoms with Gasteiger partial charge in [0.25, 0.3) is 0 Å². The van der Waals surface area contributed by atoms with Crippen molar-refractivity contribution in [1.82, 2.24) is 4.90 Å². The number of carbonyl (C=O) groups is 2. The molecule has 0 saturated carbocycles. The number of benzene rings is 1. The molecule has 4 nitrogen and oxygen atoms in total. The molecule has 0 unspecified atom stereocenters. The highest BCUT2D eigenvalue weighted by molar-refractivity contribution is 5.97. The minimum atomic E-state index is -0.416. The molecular formula is C16H21FN2O2. The van der Waals surface area contributed by atoms with Crippen molar-refractivity contribution in [2.75, 3.05) is 24.5 Å². The monoisotopic (exact) mass is 292 g/mol. The van der Waals surface area contributed by atoms with Crippen molar-refractivity contribution < 1.29 is 14.0 Å². The van der Waals surface area contributed by atoms with Crippen molar-refractivity contribution in [3.05, 3.63) is 30.1 Å². The first-order valence-corrected chi connectivity index (χ1v) is 7.39. The lowest BCUT2D eigenvalue weighted by molar-refractivity contribution is -0.131. The average Bonchev–Trinajstić information content (AvgIpc) is 2.73. The Morgan fingerprint density at radius 1 is 1.19 bits per heavy atom. The van der Waals surface area contributed by atoms with Crippen molar-refractivity contribution in [2.45, 2.75) is 32.6 Å². The molecular weight excluding hydrogens is 271 g/mol. The Bertz CT molecular complexity index is 511. The summed E-state index contributed by atoms with van der Waals surface area (Å²) in [6, 6.07) is 5.77. The van der Waals surface area contributed by atoms with Gasteiger partial charge in [-0.3, -0.25) is 9.59 Å². The normalized spacial score (nSPS) is 15.4. The lowest BCUT2D eigenvalue weighted by atomic mass is 10.2. The van der Waals surface area contributed by atoms with Gasteiger partial charge in [-0.05, 0) is 31.0 Å². The largest absolute Gasteiger partial charge is 0.341 e. The van der Waals surface area contributed by atoms with E-state index in [9.17, 15) is 14.0 Å². The van der Waals surface area contributed by atoms with Crippen molar-refractivity contribution >= 4 is 17.5 Å². The molecule has 1 aromatic rings. The van der Waals surface area contributed by atoms with Crippen LogP contribution in [0.5, 0.6) is 0 Å². The number of hydrogen-bond donors (Lipinski definition) is 0. The molecule has 2 rings (SSSR count). The van der Waals surface area contributed by atoms with Crippen molar-refractivity contribution in [3.8, 4) is 0 Å². The third-order valence-corrected chi connectivity index (χ3v) is 3.75. The predicted molar refractivity (Wildman–Crippen MR) is 79.5 cm³/mol. The Labute approximate surface area is 124 Å². The fourth-order valence-electron chi connectivity index (χ4n) is 2.58. The minimum absolute atomic E-state index is 0.0290. The van der Waals surface area contributed by atoms with E-state index >= 15 is 0 Å². The van der Waals surface area contributed by atoms with Crippen LogP contribution in [0, 0.1) is 5.82 Å². The molecule has 1 aromatic carbocycles. The first-order valence-electron chi connectivity index (χ1n) is 7.39. The summed E-state index contributed by atoms with van der Waals surface area (Å²) >= 11 is 0. The second-order valence-corrected chi connectivity index (χ2v) is 5.38. The van der Waals surface area contributed by atoms with E-state index in [-0.39, 0.29) is 18.4 Å². The Kier molecular flexibility index (Phi) is 5.31. The quantitative estimate of drug-likeness (QED) is 0.859. The van der Waals surface area contributed by atoms with E-state index in [4.69, 9.17) is 0 Å². The number of hydrogen-bond acceptors (Lipinski definition) is 2. The smallest absolute Gasteiger partial charge is 0.242 e. The molecule has 1 aliphatic rings. The molecule has 0 N–H and O–H groups in total. The molecule has 0 aromatic heterocycles. The maximum absolute atomic E-state index is 13.3. The number of carbonyl (C=O) groups excluding carboxylic acids is 2. The number of anilines is 1. The Morgan fingerprint density at radius 3 is 2.43 bits per heavy atom. The Morgan fingerprint density at radius 2 is 1.86 bits per heavy atom. The molecule has 1 aliphatic heterocycles. The van der Waals surface area contributed by atoms with Crippen LogP contribution in [0.3, 0.4) is 0 Å². The van der Waals surface area contributed by atoms with Crippen LogP contribution in [0.25, 0.3) is 0 Å². The summed E-state index contributed by atoms with van der Waals surface area (Å²) in [6.07, 6.45) is 4.30. The summed E-state index contributed by atoms with van der Waals surface area (Å²) < 4.78 is 13.3. The van der Waals surface area contributed by atoms with Gasteiger partial charge in [-0.25, -0.2) is 4.39 Å². The van der Waals surface area contributed by atoms with E-state index in [2.05, 4.69) is 0 Å². The summed E-state index contributed by atoms with van der Waals surface area (Å²) in [7, 11) is 0. The topological polar surface area (TPSA) is 40.6 Å². The zero-order valence-electron chi connectivity index (χ0n) is 12.3. The minimum Gasteiger partial charge on any atom is -0.341 e. The second kappa shape index (κ2) is 7.20. The second-order valence-electron chi connectivity index (χ2n) is 5.38. The molecule has 1 fully saturated rings. The van der Waals surface area contributed by atoms with Gasteiger partial charge < -0.3 is 9.80 Å². The third-order valence-electron chi connectivity index (χ3n) is 3.75. The van der Waals surface area contributed by atoms with E-state index in [1.54, 1.807) is 6.07 Å². The molecule has 0 aliphatic carbocycles. The van der Waals surface area contributed by atoms with Gasteiger partial charge in [0, 0.05) is 25.7 Å². The first kappa shape index (κ1) is 15.5. The molecule has 0 spiro atoms. The first-order chi connectivity index (χ1) is 10.1. The summed E-state index contributed by atoms with van der Waals surface area (Å²) in [6.45, 7) is 2.85. The SMILES string of the molecule is CC(=O)N(CC(=O)N1CCCCCC1)c1cccc(F)c1. The highest BCUT2D eigenvalue weighted by atomic mass is 19.1. The van der Waals surface area contributed by atoms with Gasteiger partial charge >= 0.3 is 0 Å². The number of amides is 2. The zero-order chi connectivity index (χ0) is 15.2. The van der Waals surface area contributed by atoms with Gasteiger partial charge in [0.15, 0.2) is 0 Å². The van der Waals surface area contributed by atoms with E-state index in [0.717, 1.165) is 38.8 Å². The highest BCUT2D eigenvalue weighted by Gasteiger charge is 2.21. The van der Waals surface area contributed by atoms with Gasteiger partial charge in [0.05, 0.1) is 0 Å². The van der Waals surface area contributed by atoms with Crippen LogP contribution >= 0.6 is 0 Å². The van der Waals surface area contributed by atoms with E-state index in [1.807, 2.05) is 4.90 Å². The number of likely N-dealkylation sites (tertiary alicyclic amines) is 1. The zero-order valence-corrected chi connectivity index (χ0v) is 12.3. The van der Waals surface area contributed by atoms with Gasteiger partial charge in [-0.1, -0.05) is 18.9 Å². The van der Waals surface area contributed by atoms with E-state index in [0.29, 0.717) is 5.69 Å². The number of rotatable bonds is 3. The number of halogens is 1. The highest BCUT2D eigenvalue weighted by Crippen LogP contribution is 2.17. The predicted octanol–water partition coefficient (Wildman–Crippen LogP) is 2.58. The average molecular weight is 292 g/mol. The molecule has 21 heavy (non-hydrogen) atoms. The maximum atomic E-state index is 13.3. The summed E-state index contributed by atoms with van der Waals surface area (Å²) in [5, 5.41) is 0. The molecule has 2 amide bonds. The van der Waals surface area contributed by atoms with E-state index < -0.39 is 5.82 Å². The van der Waals surface area contributed by atoms with Gasteiger partial charge in [-0.15, -0.1) is 0 Å². The Hall–Kier alpha value is -1.91. The fraction of sp³-hybridized carbons (Fsp3) is 0.500. The summed E-state index contributed by atoms with van der Waals surface area (Å²) in [4.78, 5) is 27.3. The molecule has 5 heteroatoms. The third kappa shape index (κ3) is 4.28. The maximum Gasteiger partial charge on any atom is 0.242 e. The van der Waals surface area contributed by atoms with E-state index in [1.165, 1.54) is 30.0 Å². The fourth-order valence-corrected chi connectivity index (χ4v) is 2.58. The lowest BCUT2D eigenvalue weighted by Gasteiger charge is -2.26.